The number of anilines is 3. The molecule has 4 heterocycles. The van der Waals surface area contributed by atoms with Gasteiger partial charge in [-0.25, -0.2) is 9.78 Å². The van der Waals surface area contributed by atoms with Gasteiger partial charge < -0.3 is 19.3 Å². The van der Waals surface area contributed by atoms with Gasteiger partial charge in [-0.3, -0.25) is 19.5 Å². The zero-order valence-electron chi connectivity index (χ0n) is 23.1. The summed E-state index contributed by atoms with van der Waals surface area (Å²) in [5, 5.41) is 0.430. The molecule has 0 spiro atoms. The Morgan fingerprint density at radius 3 is 2.27 bits per heavy atom. The molecule has 1 aromatic heterocycles. The highest BCUT2D eigenvalue weighted by molar-refractivity contribution is 6.42. The van der Waals surface area contributed by atoms with Crippen molar-refractivity contribution in [2.45, 2.75) is 31.5 Å². The van der Waals surface area contributed by atoms with Crippen LogP contribution in [0.2, 0.25) is 10.0 Å². The third-order valence-corrected chi connectivity index (χ3v) is 8.50. The van der Waals surface area contributed by atoms with Gasteiger partial charge in [-0.2, -0.15) is 4.98 Å². The van der Waals surface area contributed by atoms with E-state index < -0.39 is 0 Å². The number of halogens is 2. The molecular formula is C27H33Cl2N7O4. The molecule has 1 aromatic carbocycles. The standard InChI is InChI=1S/C27H33Cl2N7O4/c1-6-21(37)33-9-7-17(8-10-33)34-14-18(15-34)36-25-16(12-30-26(31-25)32(2)3)13-35(27(36)38)24-22(28)19(39-4)11-20(40-5)23(24)29/h6,11-12,17-18H,1,7-10,13-15H2,2-5H3. The maximum atomic E-state index is 14.2. The lowest BCUT2D eigenvalue weighted by Gasteiger charge is -2.52. The van der Waals surface area contributed by atoms with Crippen molar-refractivity contribution < 1.29 is 19.1 Å². The number of methoxy groups -OCH3 is 2. The van der Waals surface area contributed by atoms with E-state index in [4.69, 9.17) is 37.7 Å². The summed E-state index contributed by atoms with van der Waals surface area (Å²) in [6.45, 7) is 6.54. The summed E-state index contributed by atoms with van der Waals surface area (Å²) in [5.41, 5.74) is 1.08. The highest BCUT2D eigenvalue weighted by atomic mass is 35.5. The average molecular weight is 591 g/mol. The maximum absolute atomic E-state index is 14.2. The van der Waals surface area contributed by atoms with E-state index in [1.54, 1.807) is 27.0 Å². The number of fused-ring (bicyclic) bond motifs is 1. The molecule has 2 aromatic rings. The lowest BCUT2D eigenvalue weighted by molar-refractivity contribution is -0.127. The predicted octanol–water partition coefficient (Wildman–Crippen LogP) is 3.67. The number of benzene rings is 1. The molecule has 0 saturated carbocycles. The van der Waals surface area contributed by atoms with Crippen LogP contribution in [0.4, 0.5) is 22.2 Å². The molecule has 214 valence electrons. The number of hydrogen-bond acceptors (Lipinski definition) is 8. The Morgan fingerprint density at radius 2 is 1.73 bits per heavy atom. The van der Waals surface area contributed by atoms with E-state index in [9.17, 15) is 9.59 Å². The Labute approximate surface area is 243 Å². The topological polar surface area (TPSA) is 94.6 Å². The summed E-state index contributed by atoms with van der Waals surface area (Å²) in [6.07, 6.45) is 4.87. The van der Waals surface area contributed by atoms with Gasteiger partial charge in [0, 0.05) is 64.1 Å². The number of ether oxygens (including phenoxy) is 2. The average Bonchev–Trinajstić information content (AvgIpc) is 2.93. The lowest BCUT2D eigenvalue weighted by Crippen LogP contribution is -2.67. The summed E-state index contributed by atoms with van der Waals surface area (Å²) >= 11 is 13.4. The number of amides is 3. The maximum Gasteiger partial charge on any atom is 0.330 e. The summed E-state index contributed by atoms with van der Waals surface area (Å²) in [6, 6.07) is 1.54. The normalized spacial score (nSPS) is 18.4. The fourth-order valence-electron chi connectivity index (χ4n) is 5.53. The van der Waals surface area contributed by atoms with Crippen molar-refractivity contribution in [2.75, 3.05) is 69.2 Å². The molecule has 11 nitrogen and oxygen atoms in total. The van der Waals surface area contributed by atoms with Crippen LogP contribution in [-0.2, 0) is 11.3 Å². The highest BCUT2D eigenvalue weighted by Gasteiger charge is 2.45. The van der Waals surface area contributed by atoms with Crippen LogP contribution >= 0.6 is 23.2 Å². The van der Waals surface area contributed by atoms with E-state index in [-0.39, 0.29) is 34.6 Å². The predicted molar refractivity (Wildman–Crippen MR) is 155 cm³/mol. The Morgan fingerprint density at radius 1 is 1.10 bits per heavy atom. The van der Waals surface area contributed by atoms with E-state index in [0.29, 0.717) is 61.2 Å². The van der Waals surface area contributed by atoms with Gasteiger partial charge in [0.15, 0.2) is 0 Å². The molecule has 3 aliphatic rings. The van der Waals surface area contributed by atoms with Crippen molar-refractivity contribution in [1.82, 2.24) is 19.8 Å². The number of hydrogen-bond donors (Lipinski definition) is 0. The van der Waals surface area contributed by atoms with Crippen molar-refractivity contribution >= 4 is 52.6 Å². The van der Waals surface area contributed by atoms with Crippen LogP contribution in [0, 0.1) is 0 Å². The molecule has 0 aliphatic carbocycles. The second kappa shape index (κ2) is 11.3. The second-order valence-corrected chi connectivity index (χ2v) is 11.0. The molecule has 3 aliphatic heterocycles. The van der Waals surface area contributed by atoms with Gasteiger partial charge in [0.1, 0.15) is 27.4 Å². The van der Waals surface area contributed by atoms with Crippen molar-refractivity contribution in [3.63, 3.8) is 0 Å². The van der Waals surface area contributed by atoms with Crippen LogP contribution in [0.1, 0.15) is 18.4 Å². The molecule has 0 bridgehead atoms. The summed E-state index contributed by atoms with van der Waals surface area (Å²) in [5.74, 6) is 1.76. The summed E-state index contributed by atoms with van der Waals surface area (Å²) < 4.78 is 10.9. The first-order valence-electron chi connectivity index (χ1n) is 13.1. The molecular weight excluding hydrogens is 557 g/mol. The quantitative estimate of drug-likeness (QED) is 0.451. The fourth-order valence-corrected chi connectivity index (χ4v) is 6.23. The Hall–Kier alpha value is -3.28. The SMILES string of the molecule is C=CC(=O)N1CCC(N2CC(N3C(=O)N(c4c(Cl)c(OC)cc(OC)c4Cl)Cc4cnc(N(C)C)nc43)C2)CC1. The lowest BCUT2D eigenvalue weighted by atomic mass is 9.96. The summed E-state index contributed by atoms with van der Waals surface area (Å²) in [7, 11) is 6.71. The summed E-state index contributed by atoms with van der Waals surface area (Å²) in [4.78, 5) is 44.8. The molecule has 0 unspecified atom stereocenters. The van der Waals surface area contributed by atoms with Crippen molar-refractivity contribution in [3.05, 3.63) is 40.5 Å². The number of likely N-dealkylation sites (tertiary alicyclic amines) is 2. The van der Waals surface area contributed by atoms with Gasteiger partial charge in [0.2, 0.25) is 11.9 Å². The van der Waals surface area contributed by atoms with Crippen LogP contribution in [0.15, 0.2) is 24.9 Å². The third kappa shape index (κ3) is 4.90. The van der Waals surface area contributed by atoms with E-state index in [0.717, 1.165) is 18.4 Å². The number of rotatable bonds is 7. The number of nitrogens with zero attached hydrogens (tertiary/aromatic N) is 7. The Balaban J connectivity index is 1.45. The van der Waals surface area contributed by atoms with Gasteiger partial charge in [-0.05, 0) is 18.9 Å². The number of urea groups is 1. The minimum atomic E-state index is -0.286. The van der Waals surface area contributed by atoms with E-state index in [1.165, 1.54) is 20.3 Å². The van der Waals surface area contributed by atoms with E-state index in [1.807, 2.05) is 19.0 Å². The first-order chi connectivity index (χ1) is 19.2. The van der Waals surface area contributed by atoms with Gasteiger partial charge in [0.25, 0.3) is 0 Å². The second-order valence-electron chi connectivity index (χ2n) is 10.3. The highest BCUT2D eigenvalue weighted by Crippen LogP contribution is 2.48. The van der Waals surface area contributed by atoms with Crippen LogP contribution in [-0.4, -0.2) is 98.3 Å². The molecule has 5 rings (SSSR count). The molecule has 0 N–H and O–H groups in total. The smallest absolute Gasteiger partial charge is 0.330 e. The van der Waals surface area contributed by atoms with Gasteiger partial charge in [-0.1, -0.05) is 29.8 Å². The van der Waals surface area contributed by atoms with Crippen LogP contribution in [0.3, 0.4) is 0 Å². The molecule has 3 amide bonds. The van der Waals surface area contributed by atoms with E-state index in [2.05, 4.69) is 16.5 Å². The minimum Gasteiger partial charge on any atom is -0.495 e. The van der Waals surface area contributed by atoms with Crippen LogP contribution in [0.25, 0.3) is 0 Å². The monoisotopic (exact) mass is 589 g/mol. The number of aromatic nitrogens is 2. The van der Waals surface area contributed by atoms with Crippen molar-refractivity contribution in [2.24, 2.45) is 0 Å². The first-order valence-corrected chi connectivity index (χ1v) is 13.8. The third-order valence-electron chi connectivity index (χ3n) is 7.77. The molecule has 0 radical (unpaired) electrons. The fraction of sp³-hybridized carbons (Fsp3) is 0.481. The van der Waals surface area contributed by atoms with E-state index >= 15 is 0 Å². The molecule has 0 atom stereocenters. The Bertz CT molecular complexity index is 1300. The van der Waals surface area contributed by atoms with Gasteiger partial charge >= 0.3 is 6.03 Å². The number of carbonyl (C=O) groups is 2. The van der Waals surface area contributed by atoms with Crippen LogP contribution in [0.5, 0.6) is 11.5 Å². The first kappa shape index (κ1) is 28.3. The minimum absolute atomic E-state index is 0.0292. The zero-order valence-corrected chi connectivity index (χ0v) is 24.6. The zero-order chi connectivity index (χ0) is 28.7. The van der Waals surface area contributed by atoms with Crippen LogP contribution < -0.4 is 24.2 Å². The number of piperidine rings is 1. The molecule has 13 heteroatoms. The molecule has 2 fully saturated rings. The van der Waals surface area contributed by atoms with Crippen molar-refractivity contribution in [3.8, 4) is 11.5 Å². The Kier molecular flexibility index (Phi) is 7.98. The number of carbonyl (C=O) groups excluding carboxylic acids is 2. The van der Waals surface area contributed by atoms with Gasteiger partial charge in [-0.15, -0.1) is 0 Å². The largest absolute Gasteiger partial charge is 0.495 e. The molecule has 40 heavy (non-hydrogen) atoms. The molecule has 2 saturated heterocycles. The van der Waals surface area contributed by atoms with Gasteiger partial charge in [0.05, 0.1) is 32.5 Å². The van der Waals surface area contributed by atoms with Crippen molar-refractivity contribution in [1.29, 1.82) is 0 Å².